The molecular weight excluding hydrogens is 562 g/mol. The first kappa shape index (κ1) is 26.0. The average Bonchev–Trinajstić information content (AvgIpc) is 3.54. The first-order valence-corrected chi connectivity index (χ1v) is 12.9. The number of halogens is 3. The largest absolute Gasteiger partial charge is 0.480 e. The topological polar surface area (TPSA) is 111 Å². The maximum Gasteiger partial charge on any atom is 0.319 e. The summed E-state index contributed by atoms with van der Waals surface area (Å²) in [6, 6.07) is 8.84. The second-order valence-corrected chi connectivity index (χ2v) is 10.3. The summed E-state index contributed by atoms with van der Waals surface area (Å²) in [5.41, 5.74) is -0.653. The van der Waals surface area contributed by atoms with Crippen molar-refractivity contribution < 1.29 is 23.5 Å². The molecule has 1 N–H and O–H groups in total. The predicted molar refractivity (Wildman–Crippen MR) is 146 cm³/mol. The lowest BCUT2D eigenvalue weighted by Gasteiger charge is -2.36. The normalized spacial score (nSPS) is 17.4. The van der Waals surface area contributed by atoms with E-state index in [4.69, 9.17) is 37.7 Å². The summed E-state index contributed by atoms with van der Waals surface area (Å²) < 4.78 is 27.9. The van der Waals surface area contributed by atoms with Crippen molar-refractivity contribution in [2.75, 3.05) is 24.4 Å². The van der Waals surface area contributed by atoms with Gasteiger partial charge in [-0.15, -0.1) is 0 Å². The van der Waals surface area contributed by atoms with Crippen molar-refractivity contribution in [1.29, 1.82) is 0 Å². The van der Waals surface area contributed by atoms with Crippen LogP contribution in [0.4, 0.5) is 15.8 Å². The standard InChI is InChI=1S/C27H21Cl2FN6O4/c1-12(2)35-21-20(33-22(35)14-11-31-26(40-4)34-23(14)39-3)24(37)36(18-7-5-6-16(29)19(18)30)27(21)15-9-8-13(28)10-17(15)32-25(27)38/h5-12H,1-4H3,(H,32,38)/t27-/m1/s1. The van der Waals surface area contributed by atoms with Crippen LogP contribution in [0.15, 0.2) is 42.6 Å². The lowest BCUT2D eigenvalue weighted by Crippen LogP contribution is -2.51. The van der Waals surface area contributed by atoms with Crippen LogP contribution >= 0.6 is 23.2 Å². The van der Waals surface area contributed by atoms with E-state index in [2.05, 4.69) is 15.3 Å². The van der Waals surface area contributed by atoms with E-state index in [0.29, 0.717) is 21.8 Å². The number of hydrogen-bond donors (Lipinski definition) is 1. The van der Waals surface area contributed by atoms with Gasteiger partial charge in [-0.05, 0) is 38.1 Å². The van der Waals surface area contributed by atoms with E-state index < -0.39 is 23.2 Å². The lowest BCUT2D eigenvalue weighted by molar-refractivity contribution is -0.119. The van der Waals surface area contributed by atoms with E-state index in [1.165, 1.54) is 38.6 Å². The molecule has 0 saturated carbocycles. The van der Waals surface area contributed by atoms with Gasteiger partial charge in [0.15, 0.2) is 17.1 Å². The van der Waals surface area contributed by atoms with Gasteiger partial charge < -0.3 is 19.4 Å². The third kappa shape index (κ3) is 3.37. The number of aromatic nitrogens is 4. The Morgan fingerprint density at radius 3 is 2.55 bits per heavy atom. The zero-order valence-electron chi connectivity index (χ0n) is 21.6. The number of carbonyl (C=O) groups excluding carboxylic acids is 2. The minimum atomic E-state index is -1.84. The minimum Gasteiger partial charge on any atom is -0.480 e. The first-order valence-electron chi connectivity index (χ1n) is 12.1. The van der Waals surface area contributed by atoms with Gasteiger partial charge in [-0.2, -0.15) is 4.98 Å². The molecule has 0 saturated heterocycles. The second-order valence-electron chi connectivity index (χ2n) is 9.44. The van der Waals surface area contributed by atoms with E-state index in [-0.39, 0.29) is 45.9 Å². The van der Waals surface area contributed by atoms with Crippen LogP contribution in [0.3, 0.4) is 0 Å². The molecule has 2 aliphatic rings. The van der Waals surface area contributed by atoms with Crippen LogP contribution in [-0.2, 0) is 10.3 Å². The van der Waals surface area contributed by atoms with E-state index in [1.807, 2.05) is 13.8 Å². The molecule has 0 bridgehead atoms. The summed E-state index contributed by atoms with van der Waals surface area (Å²) >= 11 is 12.4. The highest BCUT2D eigenvalue weighted by molar-refractivity contribution is 6.32. The molecule has 0 fully saturated rings. The van der Waals surface area contributed by atoms with Crippen LogP contribution < -0.4 is 19.7 Å². The second kappa shape index (κ2) is 9.17. The molecule has 204 valence electrons. The maximum atomic E-state index is 15.6. The van der Waals surface area contributed by atoms with Crippen molar-refractivity contribution >= 4 is 46.4 Å². The molecule has 1 atom stereocenters. The molecule has 0 unspecified atom stereocenters. The summed E-state index contributed by atoms with van der Waals surface area (Å²) in [5.74, 6) is -1.68. The number of fused-ring (bicyclic) bond motifs is 4. The number of methoxy groups -OCH3 is 2. The van der Waals surface area contributed by atoms with E-state index in [0.717, 1.165) is 4.90 Å². The molecule has 2 aliphatic heterocycles. The fourth-order valence-electron chi connectivity index (χ4n) is 5.43. The van der Waals surface area contributed by atoms with E-state index in [1.54, 1.807) is 22.8 Å². The number of hydrogen-bond acceptors (Lipinski definition) is 7. The summed E-state index contributed by atoms with van der Waals surface area (Å²) in [4.78, 5) is 42.7. The van der Waals surface area contributed by atoms with Crippen molar-refractivity contribution in [3.05, 3.63) is 75.4 Å². The zero-order valence-corrected chi connectivity index (χ0v) is 23.1. The maximum absolute atomic E-state index is 15.6. The molecule has 2 aromatic carbocycles. The molecule has 10 nitrogen and oxygen atoms in total. The van der Waals surface area contributed by atoms with Crippen molar-refractivity contribution in [3.8, 4) is 23.3 Å². The Balaban J connectivity index is 1.73. The van der Waals surface area contributed by atoms with Crippen LogP contribution in [0.2, 0.25) is 10.0 Å². The smallest absolute Gasteiger partial charge is 0.319 e. The number of anilines is 2. The summed E-state index contributed by atoms with van der Waals surface area (Å²) in [5, 5.41) is 3.01. The summed E-state index contributed by atoms with van der Waals surface area (Å²) in [6.07, 6.45) is 1.47. The average molecular weight is 583 g/mol. The highest BCUT2D eigenvalue weighted by atomic mass is 35.5. The van der Waals surface area contributed by atoms with Gasteiger partial charge in [-0.25, -0.2) is 14.4 Å². The monoisotopic (exact) mass is 582 g/mol. The molecule has 2 aromatic heterocycles. The van der Waals surface area contributed by atoms with Gasteiger partial charge in [0.1, 0.15) is 5.82 Å². The van der Waals surface area contributed by atoms with Gasteiger partial charge in [-0.1, -0.05) is 35.3 Å². The van der Waals surface area contributed by atoms with Crippen LogP contribution in [0.25, 0.3) is 11.4 Å². The zero-order chi connectivity index (χ0) is 28.5. The van der Waals surface area contributed by atoms with Crippen molar-refractivity contribution in [3.63, 3.8) is 0 Å². The first-order chi connectivity index (χ1) is 19.1. The van der Waals surface area contributed by atoms with Gasteiger partial charge in [0.2, 0.25) is 5.88 Å². The predicted octanol–water partition coefficient (Wildman–Crippen LogP) is 5.24. The Morgan fingerprint density at radius 2 is 1.85 bits per heavy atom. The van der Waals surface area contributed by atoms with Gasteiger partial charge >= 0.3 is 6.01 Å². The third-order valence-electron chi connectivity index (χ3n) is 6.98. The van der Waals surface area contributed by atoms with E-state index in [9.17, 15) is 9.59 Å². The number of rotatable bonds is 5. The Bertz CT molecular complexity index is 1740. The van der Waals surface area contributed by atoms with Gasteiger partial charge in [0, 0.05) is 28.5 Å². The van der Waals surface area contributed by atoms with Crippen molar-refractivity contribution in [2.24, 2.45) is 0 Å². The Labute approximate surface area is 237 Å². The van der Waals surface area contributed by atoms with Crippen LogP contribution in [0, 0.1) is 5.82 Å². The molecule has 6 rings (SSSR count). The molecule has 1 spiro atoms. The number of imidazole rings is 1. The van der Waals surface area contributed by atoms with Crippen LogP contribution in [0.1, 0.15) is 41.6 Å². The number of ether oxygens (including phenoxy) is 2. The molecule has 0 radical (unpaired) electrons. The fourth-order valence-corrected chi connectivity index (χ4v) is 5.77. The van der Waals surface area contributed by atoms with Gasteiger partial charge in [-0.3, -0.25) is 14.5 Å². The summed E-state index contributed by atoms with van der Waals surface area (Å²) in [6.45, 7) is 3.75. The number of amides is 2. The summed E-state index contributed by atoms with van der Waals surface area (Å²) in [7, 11) is 2.86. The Kier molecular flexibility index (Phi) is 5.97. The van der Waals surface area contributed by atoms with Crippen LogP contribution in [0.5, 0.6) is 11.9 Å². The Morgan fingerprint density at radius 1 is 1.07 bits per heavy atom. The highest BCUT2D eigenvalue weighted by Crippen LogP contribution is 2.55. The number of carbonyl (C=O) groups is 2. The van der Waals surface area contributed by atoms with Gasteiger partial charge in [0.25, 0.3) is 11.8 Å². The molecule has 40 heavy (non-hydrogen) atoms. The van der Waals surface area contributed by atoms with Crippen molar-refractivity contribution in [1.82, 2.24) is 19.5 Å². The SMILES string of the molecule is COc1ncc(-c2nc3c(n2C(C)C)[C@]2(C(=O)Nc4cc(Cl)ccc42)N(c2cccc(Cl)c2F)C3=O)c(OC)n1. The van der Waals surface area contributed by atoms with Crippen LogP contribution in [-0.4, -0.2) is 45.6 Å². The molecular formula is C27H21Cl2FN6O4. The molecule has 13 heteroatoms. The minimum absolute atomic E-state index is 0.0427. The molecule has 2 amide bonds. The number of benzene rings is 2. The van der Waals surface area contributed by atoms with E-state index >= 15 is 4.39 Å². The molecule has 4 aromatic rings. The lowest BCUT2D eigenvalue weighted by atomic mass is 9.87. The quantitative estimate of drug-likeness (QED) is 0.342. The fraction of sp³-hybridized carbons (Fsp3) is 0.222. The molecule has 4 heterocycles. The number of nitrogens with one attached hydrogen (secondary N) is 1. The Hall–Kier alpha value is -4.22. The van der Waals surface area contributed by atoms with Crippen molar-refractivity contribution in [2.45, 2.75) is 25.4 Å². The molecule has 0 aliphatic carbocycles. The van der Waals surface area contributed by atoms with Gasteiger partial charge in [0.05, 0.1) is 36.2 Å². The highest BCUT2D eigenvalue weighted by Gasteiger charge is 2.64. The third-order valence-corrected chi connectivity index (χ3v) is 7.51. The number of nitrogens with zero attached hydrogens (tertiary/aromatic N) is 5.